The van der Waals surface area contributed by atoms with Crippen molar-refractivity contribution < 1.29 is 19.1 Å². The number of nitrogens with one attached hydrogen (secondary N) is 3. The third-order valence-electron chi connectivity index (χ3n) is 3.90. The van der Waals surface area contributed by atoms with Gasteiger partial charge in [-0.05, 0) is 48.4 Å². The highest BCUT2D eigenvalue weighted by atomic mass is 35.5. The number of carbonyl (C=O) groups excluding carboxylic acids is 3. The SMILES string of the molecule is CC(=O)Nc1ccc(Cl)c(NC(=O)COc2ccc3c(c2)CCC(=O)N3)c1. The Morgan fingerprint density at radius 3 is 2.74 bits per heavy atom. The standard InChI is InChI=1S/C19H18ClN3O4/c1-11(24)21-13-3-5-15(20)17(9-13)23-19(26)10-27-14-4-6-16-12(8-14)2-7-18(25)22-16/h3-6,8-9H,2,7,10H2,1H3,(H,21,24)(H,22,25)(H,23,26). The molecule has 0 bridgehead atoms. The van der Waals surface area contributed by atoms with Gasteiger partial charge in [0.2, 0.25) is 11.8 Å². The van der Waals surface area contributed by atoms with Crippen LogP contribution in [0.15, 0.2) is 36.4 Å². The summed E-state index contributed by atoms with van der Waals surface area (Å²) in [6, 6.07) is 10.1. The summed E-state index contributed by atoms with van der Waals surface area (Å²) in [5.74, 6) is -0.0727. The van der Waals surface area contributed by atoms with Gasteiger partial charge in [-0.1, -0.05) is 11.6 Å². The molecule has 3 N–H and O–H groups in total. The van der Waals surface area contributed by atoms with E-state index in [0.29, 0.717) is 35.0 Å². The molecule has 1 heterocycles. The van der Waals surface area contributed by atoms with Crippen LogP contribution in [-0.2, 0) is 20.8 Å². The first-order chi connectivity index (χ1) is 12.9. The van der Waals surface area contributed by atoms with E-state index in [0.717, 1.165) is 11.3 Å². The van der Waals surface area contributed by atoms with Crippen LogP contribution in [0.5, 0.6) is 5.75 Å². The van der Waals surface area contributed by atoms with Crippen LogP contribution in [0.3, 0.4) is 0 Å². The van der Waals surface area contributed by atoms with Gasteiger partial charge in [-0.15, -0.1) is 0 Å². The number of anilines is 3. The zero-order valence-electron chi connectivity index (χ0n) is 14.6. The van der Waals surface area contributed by atoms with Gasteiger partial charge in [-0.3, -0.25) is 14.4 Å². The Labute approximate surface area is 161 Å². The van der Waals surface area contributed by atoms with Crippen molar-refractivity contribution in [3.8, 4) is 5.75 Å². The molecular weight excluding hydrogens is 370 g/mol. The predicted octanol–water partition coefficient (Wildman–Crippen LogP) is 3.20. The van der Waals surface area contributed by atoms with Crippen molar-refractivity contribution in [2.24, 2.45) is 0 Å². The number of aryl methyl sites for hydroxylation is 1. The van der Waals surface area contributed by atoms with Crippen molar-refractivity contribution >= 4 is 46.4 Å². The molecule has 0 saturated heterocycles. The van der Waals surface area contributed by atoms with Crippen molar-refractivity contribution in [3.05, 3.63) is 47.0 Å². The molecule has 0 fully saturated rings. The summed E-state index contributed by atoms with van der Waals surface area (Å²) in [7, 11) is 0. The van der Waals surface area contributed by atoms with Crippen LogP contribution in [0.25, 0.3) is 0 Å². The van der Waals surface area contributed by atoms with Gasteiger partial charge >= 0.3 is 0 Å². The molecule has 8 heteroatoms. The van der Waals surface area contributed by atoms with Gasteiger partial charge in [0, 0.05) is 24.7 Å². The first-order valence-electron chi connectivity index (χ1n) is 8.33. The first-order valence-corrected chi connectivity index (χ1v) is 8.71. The second kappa shape index (κ2) is 8.09. The van der Waals surface area contributed by atoms with Crippen LogP contribution >= 0.6 is 11.6 Å². The molecule has 0 atom stereocenters. The van der Waals surface area contributed by atoms with Crippen LogP contribution < -0.4 is 20.7 Å². The van der Waals surface area contributed by atoms with Crippen LogP contribution in [0.2, 0.25) is 5.02 Å². The maximum atomic E-state index is 12.2. The monoisotopic (exact) mass is 387 g/mol. The second-order valence-corrected chi connectivity index (χ2v) is 6.49. The van der Waals surface area contributed by atoms with Gasteiger partial charge < -0.3 is 20.7 Å². The Morgan fingerprint density at radius 1 is 1.15 bits per heavy atom. The summed E-state index contributed by atoms with van der Waals surface area (Å²) >= 11 is 6.08. The third-order valence-corrected chi connectivity index (χ3v) is 4.23. The summed E-state index contributed by atoms with van der Waals surface area (Å²) in [4.78, 5) is 34.7. The highest BCUT2D eigenvalue weighted by molar-refractivity contribution is 6.33. The fourth-order valence-corrected chi connectivity index (χ4v) is 2.85. The van der Waals surface area contributed by atoms with E-state index in [1.54, 1.807) is 30.3 Å². The number of benzene rings is 2. The van der Waals surface area contributed by atoms with E-state index >= 15 is 0 Å². The van der Waals surface area contributed by atoms with Crippen molar-refractivity contribution in [2.75, 3.05) is 22.6 Å². The summed E-state index contributed by atoms with van der Waals surface area (Å²) in [5, 5.41) is 8.42. The van der Waals surface area contributed by atoms with Crippen molar-refractivity contribution in [3.63, 3.8) is 0 Å². The topological polar surface area (TPSA) is 96.5 Å². The molecule has 0 aromatic heterocycles. The summed E-state index contributed by atoms with van der Waals surface area (Å²) in [6.07, 6.45) is 1.07. The summed E-state index contributed by atoms with van der Waals surface area (Å²) < 4.78 is 5.53. The largest absolute Gasteiger partial charge is 0.484 e. The minimum Gasteiger partial charge on any atom is -0.484 e. The molecule has 3 amide bonds. The minimum atomic E-state index is -0.386. The van der Waals surface area contributed by atoms with Crippen LogP contribution in [0, 0.1) is 0 Å². The molecule has 1 aliphatic rings. The molecule has 1 aliphatic heterocycles. The number of hydrogen-bond donors (Lipinski definition) is 3. The Kier molecular flexibility index (Phi) is 5.61. The van der Waals surface area contributed by atoms with E-state index in [1.165, 1.54) is 6.92 Å². The minimum absolute atomic E-state index is 0.00563. The van der Waals surface area contributed by atoms with E-state index < -0.39 is 0 Å². The quantitative estimate of drug-likeness (QED) is 0.734. The Hall–Kier alpha value is -3.06. The Morgan fingerprint density at radius 2 is 1.96 bits per heavy atom. The van der Waals surface area contributed by atoms with Gasteiger partial charge in [-0.25, -0.2) is 0 Å². The molecule has 7 nitrogen and oxygen atoms in total. The average molecular weight is 388 g/mol. The first kappa shape index (κ1) is 18.7. The van der Waals surface area contributed by atoms with Gasteiger partial charge in [0.15, 0.2) is 6.61 Å². The van der Waals surface area contributed by atoms with Gasteiger partial charge in [-0.2, -0.15) is 0 Å². The average Bonchev–Trinajstić information content (AvgIpc) is 2.62. The van der Waals surface area contributed by atoms with E-state index in [2.05, 4.69) is 16.0 Å². The third kappa shape index (κ3) is 4.98. The van der Waals surface area contributed by atoms with Crippen LogP contribution in [-0.4, -0.2) is 24.3 Å². The number of hydrogen-bond acceptors (Lipinski definition) is 4. The Bertz CT molecular complexity index is 914. The van der Waals surface area contributed by atoms with Crippen molar-refractivity contribution in [2.45, 2.75) is 19.8 Å². The fraction of sp³-hybridized carbons (Fsp3) is 0.211. The molecule has 0 saturated carbocycles. The fourth-order valence-electron chi connectivity index (χ4n) is 2.69. The number of amides is 3. The highest BCUT2D eigenvalue weighted by Gasteiger charge is 2.15. The van der Waals surface area contributed by atoms with E-state index in [4.69, 9.17) is 16.3 Å². The molecule has 0 aliphatic carbocycles. The van der Waals surface area contributed by atoms with Crippen molar-refractivity contribution in [1.29, 1.82) is 0 Å². The van der Waals surface area contributed by atoms with Crippen LogP contribution in [0.4, 0.5) is 17.1 Å². The van der Waals surface area contributed by atoms with E-state index in [-0.39, 0.29) is 24.3 Å². The lowest BCUT2D eigenvalue weighted by atomic mass is 10.0. The highest BCUT2D eigenvalue weighted by Crippen LogP contribution is 2.27. The second-order valence-electron chi connectivity index (χ2n) is 6.08. The molecular formula is C19H18ClN3O4. The molecule has 0 spiro atoms. The Balaban J connectivity index is 1.60. The van der Waals surface area contributed by atoms with Gasteiger partial charge in [0.25, 0.3) is 5.91 Å². The molecule has 0 unspecified atom stereocenters. The maximum Gasteiger partial charge on any atom is 0.262 e. The lowest BCUT2D eigenvalue weighted by Gasteiger charge is -2.17. The number of rotatable bonds is 5. The molecule has 140 valence electrons. The lowest BCUT2D eigenvalue weighted by molar-refractivity contribution is -0.118. The molecule has 0 radical (unpaired) electrons. The number of fused-ring (bicyclic) bond motifs is 1. The van der Waals surface area contributed by atoms with Gasteiger partial charge in [0.05, 0.1) is 10.7 Å². The van der Waals surface area contributed by atoms with E-state index in [9.17, 15) is 14.4 Å². The molecule has 2 aromatic carbocycles. The molecule has 3 rings (SSSR count). The molecule has 27 heavy (non-hydrogen) atoms. The van der Waals surface area contributed by atoms with Crippen molar-refractivity contribution in [1.82, 2.24) is 0 Å². The number of halogens is 1. The van der Waals surface area contributed by atoms with Gasteiger partial charge in [0.1, 0.15) is 5.75 Å². The number of carbonyl (C=O) groups is 3. The summed E-state index contributed by atoms with van der Waals surface area (Å²) in [5.41, 5.74) is 2.65. The predicted molar refractivity (Wildman–Crippen MR) is 103 cm³/mol. The zero-order chi connectivity index (χ0) is 19.4. The zero-order valence-corrected chi connectivity index (χ0v) is 15.4. The maximum absolute atomic E-state index is 12.2. The lowest BCUT2D eigenvalue weighted by Crippen LogP contribution is -2.21. The molecule has 2 aromatic rings. The van der Waals surface area contributed by atoms with Crippen LogP contribution in [0.1, 0.15) is 18.9 Å². The smallest absolute Gasteiger partial charge is 0.262 e. The summed E-state index contributed by atoms with van der Waals surface area (Å²) in [6.45, 7) is 1.19. The normalized spacial score (nSPS) is 12.6. The van der Waals surface area contributed by atoms with E-state index in [1.807, 2.05) is 6.07 Å². The number of ether oxygens (including phenoxy) is 1.